The Labute approximate surface area is 309 Å². The summed E-state index contributed by atoms with van der Waals surface area (Å²) in [5.74, 6) is 0.732. The third kappa shape index (κ3) is 9.60. The minimum absolute atomic E-state index is 0.00295. The number of fused-ring (bicyclic) bond motifs is 1. The molecule has 53 heavy (non-hydrogen) atoms. The number of amides is 3. The van der Waals surface area contributed by atoms with Gasteiger partial charge in [0.2, 0.25) is 0 Å². The Morgan fingerprint density at radius 2 is 1.72 bits per heavy atom. The summed E-state index contributed by atoms with van der Waals surface area (Å²) in [6.07, 6.45) is 6.38. The number of aromatic nitrogens is 2. The number of ether oxygens (including phenoxy) is 4. The number of allylic oxidation sites excluding steroid dienone is 1. The molecule has 3 N–H and O–H groups in total. The van der Waals surface area contributed by atoms with Gasteiger partial charge < -0.3 is 39.8 Å². The van der Waals surface area contributed by atoms with Gasteiger partial charge in [-0.25, -0.2) is 9.78 Å². The number of carbonyl (C=O) groups excluding carboxylic acids is 3. The Hall–Kier alpha value is -5.69. The highest BCUT2D eigenvalue weighted by Crippen LogP contribution is 2.48. The first-order valence-corrected chi connectivity index (χ1v) is 17.8. The van der Waals surface area contributed by atoms with Crippen molar-refractivity contribution >= 4 is 40.3 Å². The highest BCUT2D eigenvalue weighted by Gasteiger charge is 2.52. The summed E-state index contributed by atoms with van der Waals surface area (Å²) < 4.78 is 24.0. The average Bonchev–Trinajstić information content (AvgIpc) is 3.77. The lowest BCUT2D eigenvalue weighted by molar-refractivity contribution is -0.118. The van der Waals surface area contributed by atoms with Gasteiger partial charge in [-0.15, -0.1) is 0 Å². The summed E-state index contributed by atoms with van der Waals surface area (Å²) in [5, 5.41) is 9.08. The zero-order valence-corrected chi connectivity index (χ0v) is 30.7. The molecule has 6 rings (SSSR count). The minimum Gasteiger partial charge on any atom is -0.493 e. The van der Waals surface area contributed by atoms with E-state index in [1.54, 1.807) is 67.5 Å². The maximum absolute atomic E-state index is 13.2. The molecular weight excluding hydrogens is 676 g/mol. The molecular formula is C40H46N6O7. The molecule has 0 radical (unpaired) electrons. The van der Waals surface area contributed by atoms with Crippen LogP contribution < -0.4 is 25.4 Å². The van der Waals surface area contributed by atoms with Crippen LogP contribution in [0.5, 0.6) is 17.2 Å². The van der Waals surface area contributed by atoms with E-state index in [1.165, 1.54) is 6.20 Å². The third-order valence-electron chi connectivity index (χ3n) is 8.99. The number of para-hydroxylation sites is 1. The van der Waals surface area contributed by atoms with Crippen LogP contribution in [0.25, 0.3) is 10.9 Å². The monoisotopic (exact) mass is 722 g/mol. The van der Waals surface area contributed by atoms with E-state index in [-0.39, 0.29) is 29.1 Å². The molecule has 1 saturated carbocycles. The fraction of sp³-hybridized carbons (Fsp3) is 0.375. The van der Waals surface area contributed by atoms with Crippen LogP contribution in [0.3, 0.4) is 0 Å². The van der Waals surface area contributed by atoms with E-state index in [9.17, 15) is 14.4 Å². The Morgan fingerprint density at radius 3 is 2.40 bits per heavy atom. The molecule has 1 atom stereocenters. The van der Waals surface area contributed by atoms with Crippen molar-refractivity contribution in [2.24, 2.45) is 0 Å². The van der Waals surface area contributed by atoms with Gasteiger partial charge in [0, 0.05) is 42.6 Å². The molecule has 0 bridgehead atoms. The second-order valence-corrected chi connectivity index (χ2v) is 14.2. The fourth-order valence-corrected chi connectivity index (χ4v) is 6.06. The van der Waals surface area contributed by atoms with Crippen molar-refractivity contribution in [3.63, 3.8) is 0 Å². The molecule has 3 heterocycles. The van der Waals surface area contributed by atoms with Crippen LogP contribution >= 0.6 is 0 Å². The minimum atomic E-state index is -0.611. The standard InChI is InChI=1S/C40H46N6O7/c1-26(41-5)35(36(47)44-27-10-7-6-8-11-27)37(48)45-34-15-13-30(24-43-34)52-33-16-19-42-32-22-29(12-14-31(32)33)50-21-9-20-46(38(49)53-39(2,3)4)28-23-40(17-18-40)51-25-28/h6-8,10-16,19,22,24,28,41H,9,17-18,20-21,23,25H2,1-5H3,(H,44,47)(H,43,45,48)/b35-26+. The summed E-state index contributed by atoms with van der Waals surface area (Å²) in [7, 11) is 1.64. The maximum atomic E-state index is 13.2. The molecule has 13 nitrogen and oxygen atoms in total. The molecule has 1 aliphatic heterocycles. The van der Waals surface area contributed by atoms with Gasteiger partial charge in [-0.1, -0.05) is 18.2 Å². The molecule has 2 fully saturated rings. The fourth-order valence-electron chi connectivity index (χ4n) is 6.06. The number of hydrogen-bond donors (Lipinski definition) is 3. The van der Waals surface area contributed by atoms with Crippen LogP contribution in [0, 0.1) is 0 Å². The normalized spacial score (nSPS) is 16.4. The van der Waals surface area contributed by atoms with Gasteiger partial charge in [-0.2, -0.15) is 0 Å². The van der Waals surface area contributed by atoms with E-state index >= 15 is 0 Å². The number of benzene rings is 2. The first-order chi connectivity index (χ1) is 25.4. The molecule has 1 spiro atoms. The smallest absolute Gasteiger partial charge is 0.410 e. The summed E-state index contributed by atoms with van der Waals surface area (Å²) in [4.78, 5) is 49.9. The molecule has 1 aliphatic carbocycles. The Bertz CT molecular complexity index is 1970. The number of carbonyl (C=O) groups is 3. The van der Waals surface area contributed by atoms with Gasteiger partial charge >= 0.3 is 6.09 Å². The van der Waals surface area contributed by atoms with Crippen LogP contribution in [-0.4, -0.2) is 76.8 Å². The van der Waals surface area contributed by atoms with Crippen LogP contribution in [0.1, 0.15) is 53.4 Å². The van der Waals surface area contributed by atoms with E-state index < -0.39 is 17.4 Å². The molecule has 13 heteroatoms. The van der Waals surface area contributed by atoms with Crippen molar-refractivity contribution in [3.05, 3.63) is 90.4 Å². The summed E-state index contributed by atoms with van der Waals surface area (Å²) in [6, 6.07) is 19.5. The van der Waals surface area contributed by atoms with Gasteiger partial charge in [0.15, 0.2) is 0 Å². The Kier molecular flexibility index (Phi) is 11.1. The maximum Gasteiger partial charge on any atom is 0.410 e. The van der Waals surface area contributed by atoms with E-state index in [0.717, 1.165) is 24.6 Å². The Morgan fingerprint density at radius 1 is 0.962 bits per heavy atom. The zero-order valence-electron chi connectivity index (χ0n) is 30.7. The van der Waals surface area contributed by atoms with Gasteiger partial charge in [-0.3, -0.25) is 14.6 Å². The lowest BCUT2D eigenvalue weighted by atomic mass is 10.1. The topological polar surface area (TPSA) is 153 Å². The number of hydrogen-bond acceptors (Lipinski definition) is 10. The highest BCUT2D eigenvalue weighted by atomic mass is 16.6. The molecule has 2 aromatic heterocycles. The van der Waals surface area contributed by atoms with Crippen LogP contribution in [0.2, 0.25) is 0 Å². The molecule has 2 aromatic carbocycles. The molecule has 4 aromatic rings. The van der Waals surface area contributed by atoms with E-state index in [0.29, 0.717) is 60.3 Å². The van der Waals surface area contributed by atoms with E-state index in [2.05, 4.69) is 25.9 Å². The molecule has 278 valence electrons. The third-order valence-corrected chi connectivity index (χ3v) is 8.99. The molecule has 1 unspecified atom stereocenters. The lowest BCUT2D eigenvalue weighted by Gasteiger charge is -2.31. The average molecular weight is 723 g/mol. The van der Waals surface area contributed by atoms with Crippen LogP contribution in [-0.2, 0) is 19.1 Å². The number of nitrogens with one attached hydrogen (secondary N) is 3. The largest absolute Gasteiger partial charge is 0.493 e. The van der Waals surface area contributed by atoms with E-state index in [4.69, 9.17) is 18.9 Å². The predicted octanol–water partition coefficient (Wildman–Crippen LogP) is 6.82. The number of pyridine rings is 2. The highest BCUT2D eigenvalue weighted by molar-refractivity contribution is 6.26. The lowest BCUT2D eigenvalue weighted by Crippen LogP contribution is -2.44. The van der Waals surface area contributed by atoms with E-state index in [1.807, 2.05) is 45.0 Å². The van der Waals surface area contributed by atoms with Crippen molar-refractivity contribution in [2.45, 2.75) is 70.6 Å². The summed E-state index contributed by atoms with van der Waals surface area (Å²) in [6.45, 7) is 8.69. The number of rotatable bonds is 13. The molecule has 3 amide bonds. The van der Waals surface area contributed by atoms with Gasteiger partial charge in [0.05, 0.1) is 36.6 Å². The predicted molar refractivity (Wildman–Crippen MR) is 201 cm³/mol. The van der Waals surface area contributed by atoms with Crippen LogP contribution in [0.15, 0.2) is 90.4 Å². The quantitative estimate of drug-likeness (QED) is 0.0580. The van der Waals surface area contributed by atoms with Gasteiger partial charge in [-0.05, 0) is 95.8 Å². The second-order valence-electron chi connectivity index (χ2n) is 14.2. The van der Waals surface area contributed by atoms with Crippen molar-refractivity contribution in [2.75, 3.05) is 37.4 Å². The van der Waals surface area contributed by atoms with Crippen molar-refractivity contribution in [1.82, 2.24) is 20.2 Å². The Balaban J connectivity index is 1.04. The molecule has 2 aliphatic rings. The summed E-state index contributed by atoms with van der Waals surface area (Å²) >= 11 is 0. The number of nitrogens with zero attached hydrogens (tertiary/aromatic N) is 3. The zero-order chi connectivity index (χ0) is 37.6. The van der Waals surface area contributed by atoms with Gasteiger partial charge in [0.1, 0.15) is 34.2 Å². The van der Waals surface area contributed by atoms with Gasteiger partial charge in [0.25, 0.3) is 11.8 Å². The first kappa shape index (κ1) is 37.1. The number of anilines is 2. The second kappa shape index (κ2) is 15.9. The van der Waals surface area contributed by atoms with Crippen molar-refractivity contribution < 1.29 is 33.3 Å². The van der Waals surface area contributed by atoms with Crippen molar-refractivity contribution in [1.29, 1.82) is 0 Å². The first-order valence-electron chi connectivity index (χ1n) is 17.8. The summed E-state index contributed by atoms with van der Waals surface area (Å²) in [5.41, 5.74) is 0.949. The van der Waals surface area contributed by atoms with Crippen LogP contribution in [0.4, 0.5) is 16.3 Å². The molecule has 1 saturated heterocycles. The SMILES string of the molecule is CN/C(C)=C(\C(=O)Nc1ccccc1)C(=O)Nc1ccc(Oc2ccnc3cc(OCCCN(C(=O)OC(C)(C)C)C4COC5(CC5)C4)ccc23)cn1. The van der Waals surface area contributed by atoms with Crippen molar-refractivity contribution in [3.8, 4) is 17.2 Å².